The van der Waals surface area contributed by atoms with E-state index >= 15 is 0 Å². The lowest BCUT2D eigenvalue weighted by atomic mass is 10.1. The second kappa shape index (κ2) is 5.18. The molecule has 1 amide bonds. The molecular weight excluding hydrogens is 246 g/mol. The number of aromatic nitrogens is 1. The third-order valence-corrected chi connectivity index (χ3v) is 3.43. The molecule has 2 aromatic rings. The van der Waals surface area contributed by atoms with E-state index in [1.54, 1.807) is 17.3 Å². The number of amides is 1. The van der Waals surface area contributed by atoms with E-state index in [4.69, 9.17) is 5.73 Å². The molecule has 94 valence electrons. The van der Waals surface area contributed by atoms with Crippen molar-refractivity contribution in [2.24, 2.45) is 0 Å². The molecule has 1 heterocycles. The number of aryl methyl sites for hydroxylation is 1. The molecule has 0 spiro atoms. The van der Waals surface area contributed by atoms with Crippen LogP contribution in [0.3, 0.4) is 0 Å². The van der Waals surface area contributed by atoms with Crippen molar-refractivity contribution in [2.45, 2.75) is 13.5 Å². The highest BCUT2D eigenvalue weighted by Gasteiger charge is 2.15. The Labute approximate surface area is 110 Å². The molecule has 0 aliphatic rings. The van der Waals surface area contributed by atoms with Crippen molar-refractivity contribution in [1.29, 1.82) is 0 Å². The fraction of sp³-hybridized carbons (Fsp3) is 0.231. The van der Waals surface area contributed by atoms with Gasteiger partial charge in [-0.3, -0.25) is 4.79 Å². The van der Waals surface area contributed by atoms with Crippen LogP contribution in [-0.4, -0.2) is 22.8 Å². The molecule has 1 aromatic heterocycles. The number of rotatable bonds is 3. The lowest BCUT2D eigenvalue weighted by Crippen LogP contribution is -2.26. The summed E-state index contributed by atoms with van der Waals surface area (Å²) in [5.41, 5.74) is 8.25. The number of thiazole rings is 1. The van der Waals surface area contributed by atoms with Gasteiger partial charge in [0, 0.05) is 19.0 Å². The number of nitrogens with two attached hydrogens (primary N) is 1. The predicted octanol–water partition coefficient (Wildman–Crippen LogP) is 2.31. The second-order valence-electron chi connectivity index (χ2n) is 4.16. The van der Waals surface area contributed by atoms with Gasteiger partial charge in [-0.2, -0.15) is 0 Å². The molecule has 5 heteroatoms. The summed E-state index contributed by atoms with van der Waals surface area (Å²) in [7, 11) is 1.77. The van der Waals surface area contributed by atoms with Crippen LogP contribution in [0.5, 0.6) is 0 Å². The highest BCUT2D eigenvalue weighted by molar-refractivity contribution is 7.13. The maximum Gasteiger partial charge on any atom is 0.273 e. The topological polar surface area (TPSA) is 59.2 Å². The molecule has 0 saturated heterocycles. The minimum absolute atomic E-state index is 0.105. The van der Waals surface area contributed by atoms with E-state index in [1.165, 1.54) is 16.9 Å². The smallest absolute Gasteiger partial charge is 0.273 e. The number of hydrogen-bond donors (Lipinski definition) is 1. The van der Waals surface area contributed by atoms with E-state index in [2.05, 4.69) is 4.98 Å². The molecule has 4 nitrogen and oxygen atoms in total. The van der Waals surface area contributed by atoms with Crippen LogP contribution in [0.15, 0.2) is 29.6 Å². The van der Waals surface area contributed by atoms with Crippen molar-refractivity contribution in [3.05, 3.63) is 46.5 Å². The molecule has 0 atom stereocenters. The molecule has 0 saturated carbocycles. The molecular formula is C13H15N3OS. The summed E-state index contributed by atoms with van der Waals surface area (Å²) in [6.45, 7) is 2.61. The molecule has 0 radical (unpaired) electrons. The fourth-order valence-corrected chi connectivity index (χ4v) is 2.23. The summed E-state index contributed by atoms with van der Waals surface area (Å²) < 4.78 is 0. The van der Waals surface area contributed by atoms with Gasteiger partial charge in [-0.1, -0.05) is 24.3 Å². The Morgan fingerprint density at radius 3 is 2.78 bits per heavy atom. The van der Waals surface area contributed by atoms with Crippen molar-refractivity contribution in [2.75, 3.05) is 12.8 Å². The van der Waals surface area contributed by atoms with Crippen LogP contribution in [0.2, 0.25) is 0 Å². The molecule has 18 heavy (non-hydrogen) atoms. The van der Waals surface area contributed by atoms with Gasteiger partial charge in [0.25, 0.3) is 5.91 Å². The van der Waals surface area contributed by atoms with Crippen LogP contribution in [0.1, 0.15) is 21.6 Å². The summed E-state index contributed by atoms with van der Waals surface area (Å²) in [5.74, 6) is -0.105. The van der Waals surface area contributed by atoms with Crippen LogP contribution in [0.25, 0.3) is 0 Å². The number of carbonyl (C=O) groups excluding carboxylic acids is 1. The van der Waals surface area contributed by atoms with E-state index < -0.39 is 0 Å². The van der Waals surface area contributed by atoms with Gasteiger partial charge in [-0.25, -0.2) is 4.98 Å². The quantitative estimate of drug-likeness (QED) is 0.922. The van der Waals surface area contributed by atoms with Gasteiger partial charge in [0.15, 0.2) is 5.13 Å². The molecule has 0 fully saturated rings. The summed E-state index contributed by atoms with van der Waals surface area (Å²) >= 11 is 1.28. The Balaban J connectivity index is 2.11. The molecule has 2 N–H and O–H groups in total. The number of anilines is 1. The van der Waals surface area contributed by atoms with E-state index in [0.29, 0.717) is 17.4 Å². The monoisotopic (exact) mass is 261 g/mol. The highest BCUT2D eigenvalue weighted by atomic mass is 32.1. The molecule has 0 unspecified atom stereocenters. The zero-order valence-corrected chi connectivity index (χ0v) is 11.2. The van der Waals surface area contributed by atoms with Gasteiger partial charge in [0.05, 0.1) is 0 Å². The first-order valence-electron chi connectivity index (χ1n) is 5.59. The van der Waals surface area contributed by atoms with E-state index in [1.807, 2.05) is 31.2 Å². The highest BCUT2D eigenvalue weighted by Crippen LogP contribution is 2.15. The Morgan fingerprint density at radius 2 is 2.17 bits per heavy atom. The third kappa shape index (κ3) is 2.68. The van der Waals surface area contributed by atoms with Crippen LogP contribution in [-0.2, 0) is 6.54 Å². The van der Waals surface area contributed by atoms with Gasteiger partial charge < -0.3 is 10.6 Å². The maximum atomic E-state index is 12.1. The first kappa shape index (κ1) is 12.6. The Morgan fingerprint density at radius 1 is 1.44 bits per heavy atom. The lowest BCUT2D eigenvalue weighted by molar-refractivity contribution is 0.0780. The summed E-state index contributed by atoms with van der Waals surface area (Å²) in [6, 6.07) is 8.02. The van der Waals surface area contributed by atoms with Crippen molar-refractivity contribution in [3.63, 3.8) is 0 Å². The Hall–Kier alpha value is -1.88. The average molecular weight is 261 g/mol. The normalized spacial score (nSPS) is 10.3. The van der Waals surface area contributed by atoms with Crippen LogP contribution in [0.4, 0.5) is 5.13 Å². The van der Waals surface area contributed by atoms with Crippen molar-refractivity contribution in [3.8, 4) is 0 Å². The van der Waals surface area contributed by atoms with E-state index in [9.17, 15) is 4.79 Å². The Bertz CT molecular complexity index is 565. The Kier molecular flexibility index (Phi) is 3.62. The van der Waals surface area contributed by atoms with Crippen LogP contribution in [0, 0.1) is 6.92 Å². The summed E-state index contributed by atoms with van der Waals surface area (Å²) in [5, 5.41) is 2.11. The summed E-state index contributed by atoms with van der Waals surface area (Å²) in [6.07, 6.45) is 0. The number of carbonyl (C=O) groups is 1. The van der Waals surface area contributed by atoms with Crippen LogP contribution < -0.4 is 5.73 Å². The molecule has 1 aromatic carbocycles. The SMILES string of the molecule is Cc1ccccc1CN(C)C(=O)c1csc(N)n1. The maximum absolute atomic E-state index is 12.1. The molecule has 0 bridgehead atoms. The standard InChI is InChI=1S/C13H15N3OS/c1-9-5-3-4-6-10(9)7-16(2)12(17)11-8-18-13(14)15-11/h3-6,8H,7H2,1-2H3,(H2,14,15). The van der Waals surface area contributed by atoms with Gasteiger partial charge in [-0.15, -0.1) is 11.3 Å². The van der Waals surface area contributed by atoms with Crippen molar-refractivity contribution in [1.82, 2.24) is 9.88 Å². The van der Waals surface area contributed by atoms with Gasteiger partial charge in [-0.05, 0) is 18.1 Å². The molecule has 0 aliphatic heterocycles. The minimum atomic E-state index is -0.105. The average Bonchev–Trinajstić information content (AvgIpc) is 2.78. The number of benzene rings is 1. The fourth-order valence-electron chi connectivity index (χ4n) is 1.70. The zero-order valence-electron chi connectivity index (χ0n) is 10.4. The van der Waals surface area contributed by atoms with E-state index in [0.717, 1.165) is 5.56 Å². The summed E-state index contributed by atoms with van der Waals surface area (Å²) in [4.78, 5) is 17.7. The van der Waals surface area contributed by atoms with E-state index in [-0.39, 0.29) is 5.91 Å². The number of nitrogen functional groups attached to an aromatic ring is 1. The third-order valence-electron chi connectivity index (χ3n) is 2.76. The first-order chi connectivity index (χ1) is 8.58. The second-order valence-corrected chi connectivity index (χ2v) is 5.05. The van der Waals surface area contributed by atoms with Gasteiger partial charge >= 0.3 is 0 Å². The predicted molar refractivity (Wildman–Crippen MR) is 73.5 cm³/mol. The first-order valence-corrected chi connectivity index (χ1v) is 6.47. The minimum Gasteiger partial charge on any atom is -0.375 e. The largest absolute Gasteiger partial charge is 0.375 e. The van der Waals surface area contributed by atoms with Gasteiger partial charge in [0.2, 0.25) is 0 Å². The van der Waals surface area contributed by atoms with Crippen molar-refractivity contribution >= 4 is 22.4 Å². The molecule has 0 aliphatic carbocycles. The van der Waals surface area contributed by atoms with Crippen LogP contribution >= 0.6 is 11.3 Å². The van der Waals surface area contributed by atoms with Crippen molar-refractivity contribution < 1.29 is 4.79 Å². The zero-order chi connectivity index (χ0) is 13.1. The lowest BCUT2D eigenvalue weighted by Gasteiger charge is -2.17. The number of nitrogens with zero attached hydrogens (tertiary/aromatic N) is 2. The van der Waals surface area contributed by atoms with Gasteiger partial charge in [0.1, 0.15) is 5.69 Å². The number of hydrogen-bond acceptors (Lipinski definition) is 4. The molecule has 2 rings (SSSR count).